The van der Waals surface area contributed by atoms with Crippen molar-refractivity contribution in [2.45, 2.75) is 65.7 Å². The number of carbonyl (C=O) groups is 1. The second-order valence-corrected chi connectivity index (χ2v) is 4.89. The number of hydrogen-bond donors (Lipinski definition) is 1. The molecule has 0 aromatic heterocycles. The van der Waals surface area contributed by atoms with Crippen LogP contribution in [0.1, 0.15) is 65.7 Å². The van der Waals surface area contributed by atoms with Crippen molar-refractivity contribution in [3.05, 3.63) is 0 Å². The SMILES string of the molecule is CCCCCCCC(=O)NCCCN(CC)CC. The first-order valence-electron chi connectivity index (χ1n) is 7.73. The van der Waals surface area contributed by atoms with Crippen molar-refractivity contribution in [1.29, 1.82) is 0 Å². The predicted molar refractivity (Wildman–Crippen MR) is 78.8 cm³/mol. The highest BCUT2D eigenvalue weighted by Crippen LogP contribution is 2.04. The summed E-state index contributed by atoms with van der Waals surface area (Å²) in [7, 11) is 0. The molecular formula is C15H32N2O. The highest BCUT2D eigenvalue weighted by atomic mass is 16.1. The van der Waals surface area contributed by atoms with E-state index >= 15 is 0 Å². The Kier molecular flexibility index (Phi) is 12.5. The van der Waals surface area contributed by atoms with Crippen LogP contribution in [0.4, 0.5) is 0 Å². The zero-order valence-electron chi connectivity index (χ0n) is 12.6. The molecule has 0 atom stereocenters. The van der Waals surface area contributed by atoms with E-state index < -0.39 is 0 Å². The minimum absolute atomic E-state index is 0.228. The molecule has 1 N–H and O–H groups in total. The molecule has 3 heteroatoms. The zero-order valence-corrected chi connectivity index (χ0v) is 12.6. The summed E-state index contributed by atoms with van der Waals surface area (Å²) in [4.78, 5) is 13.9. The average molecular weight is 256 g/mol. The minimum atomic E-state index is 0.228. The Balaban J connectivity index is 3.31. The summed E-state index contributed by atoms with van der Waals surface area (Å²) in [5.74, 6) is 0.228. The second-order valence-electron chi connectivity index (χ2n) is 4.89. The van der Waals surface area contributed by atoms with Gasteiger partial charge < -0.3 is 10.2 Å². The molecule has 0 unspecified atom stereocenters. The largest absolute Gasteiger partial charge is 0.356 e. The Bertz CT molecular complexity index is 191. The van der Waals surface area contributed by atoms with E-state index in [0.29, 0.717) is 6.42 Å². The molecule has 0 fully saturated rings. The maximum Gasteiger partial charge on any atom is 0.219 e. The number of hydrogen-bond acceptors (Lipinski definition) is 2. The summed E-state index contributed by atoms with van der Waals surface area (Å²) in [6.45, 7) is 10.7. The highest BCUT2D eigenvalue weighted by molar-refractivity contribution is 5.75. The lowest BCUT2D eigenvalue weighted by molar-refractivity contribution is -0.121. The van der Waals surface area contributed by atoms with Crippen molar-refractivity contribution < 1.29 is 4.79 Å². The number of amides is 1. The van der Waals surface area contributed by atoms with Gasteiger partial charge in [0.05, 0.1) is 0 Å². The van der Waals surface area contributed by atoms with Crippen LogP contribution < -0.4 is 5.32 Å². The van der Waals surface area contributed by atoms with Crippen molar-refractivity contribution >= 4 is 5.91 Å². The fraction of sp³-hybridized carbons (Fsp3) is 0.933. The Labute approximate surface area is 113 Å². The molecule has 0 heterocycles. The van der Waals surface area contributed by atoms with Gasteiger partial charge in [0.15, 0.2) is 0 Å². The summed E-state index contributed by atoms with van der Waals surface area (Å²) in [5.41, 5.74) is 0. The third-order valence-corrected chi connectivity index (χ3v) is 3.38. The third-order valence-electron chi connectivity index (χ3n) is 3.38. The number of nitrogens with zero attached hydrogens (tertiary/aromatic N) is 1. The number of unbranched alkanes of at least 4 members (excludes halogenated alkanes) is 4. The zero-order chi connectivity index (χ0) is 13.6. The molecule has 1 amide bonds. The molecule has 0 bridgehead atoms. The number of carbonyl (C=O) groups excluding carboxylic acids is 1. The van der Waals surface area contributed by atoms with Gasteiger partial charge in [0.25, 0.3) is 0 Å². The summed E-state index contributed by atoms with van der Waals surface area (Å²) >= 11 is 0. The fourth-order valence-corrected chi connectivity index (χ4v) is 2.05. The predicted octanol–water partition coefficient (Wildman–Crippen LogP) is 3.20. The van der Waals surface area contributed by atoms with Crippen molar-refractivity contribution in [2.24, 2.45) is 0 Å². The Morgan fingerprint density at radius 3 is 2.22 bits per heavy atom. The molecule has 0 radical (unpaired) electrons. The van der Waals surface area contributed by atoms with Crippen LogP contribution in [-0.4, -0.2) is 37.0 Å². The normalized spacial score (nSPS) is 10.9. The van der Waals surface area contributed by atoms with Crippen LogP contribution in [0.5, 0.6) is 0 Å². The van der Waals surface area contributed by atoms with Gasteiger partial charge in [-0.1, -0.05) is 46.5 Å². The van der Waals surface area contributed by atoms with E-state index in [4.69, 9.17) is 0 Å². The van der Waals surface area contributed by atoms with Gasteiger partial charge in [-0.25, -0.2) is 0 Å². The van der Waals surface area contributed by atoms with Crippen LogP contribution in [-0.2, 0) is 4.79 Å². The van der Waals surface area contributed by atoms with Crippen molar-refractivity contribution in [3.8, 4) is 0 Å². The molecule has 0 saturated heterocycles. The lowest BCUT2D eigenvalue weighted by Gasteiger charge is -2.17. The van der Waals surface area contributed by atoms with E-state index in [0.717, 1.165) is 39.0 Å². The molecule has 0 spiro atoms. The van der Waals surface area contributed by atoms with E-state index in [1.165, 1.54) is 25.7 Å². The smallest absolute Gasteiger partial charge is 0.219 e. The van der Waals surface area contributed by atoms with E-state index in [1.807, 2.05) is 0 Å². The number of nitrogens with one attached hydrogen (secondary N) is 1. The van der Waals surface area contributed by atoms with Crippen LogP contribution >= 0.6 is 0 Å². The summed E-state index contributed by atoms with van der Waals surface area (Å²) in [6, 6.07) is 0. The fourth-order valence-electron chi connectivity index (χ4n) is 2.05. The van der Waals surface area contributed by atoms with Gasteiger partial charge in [0, 0.05) is 13.0 Å². The maximum absolute atomic E-state index is 11.5. The maximum atomic E-state index is 11.5. The quantitative estimate of drug-likeness (QED) is 0.544. The first kappa shape index (κ1) is 17.4. The standard InChI is InChI=1S/C15H32N2O/c1-4-7-8-9-10-12-15(18)16-13-11-14-17(5-2)6-3/h4-14H2,1-3H3,(H,16,18). The van der Waals surface area contributed by atoms with Gasteiger partial charge in [-0.2, -0.15) is 0 Å². The lowest BCUT2D eigenvalue weighted by Crippen LogP contribution is -2.29. The van der Waals surface area contributed by atoms with Gasteiger partial charge in [0.1, 0.15) is 0 Å². The first-order chi connectivity index (χ1) is 8.74. The molecule has 18 heavy (non-hydrogen) atoms. The van der Waals surface area contributed by atoms with Crippen LogP contribution in [0.3, 0.4) is 0 Å². The topological polar surface area (TPSA) is 32.3 Å². The molecule has 0 aromatic rings. The Hall–Kier alpha value is -0.570. The second kappa shape index (κ2) is 12.9. The monoisotopic (exact) mass is 256 g/mol. The molecule has 108 valence electrons. The lowest BCUT2D eigenvalue weighted by atomic mass is 10.1. The number of rotatable bonds is 12. The molecular weight excluding hydrogens is 224 g/mol. The van der Waals surface area contributed by atoms with Crippen LogP contribution in [0, 0.1) is 0 Å². The summed E-state index contributed by atoms with van der Waals surface area (Å²) < 4.78 is 0. The molecule has 3 nitrogen and oxygen atoms in total. The molecule has 0 aliphatic carbocycles. The average Bonchev–Trinajstić information content (AvgIpc) is 2.39. The third kappa shape index (κ3) is 10.6. The van der Waals surface area contributed by atoms with E-state index in [-0.39, 0.29) is 5.91 Å². The van der Waals surface area contributed by atoms with Gasteiger partial charge in [0.2, 0.25) is 5.91 Å². The molecule has 0 aliphatic rings. The van der Waals surface area contributed by atoms with Crippen LogP contribution in [0.15, 0.2) is 0 Å². The van der Waals surface area contributed by atoms with Crippen molar-refractivity contribution in [2.75, 3.05) is 26.2 Å². The molecule has 0 aliphatic heterocycles. The van der Waals surface area contributed by atoms with Gasteiger partial charge in [-0.05, 0) is 32.5 Å². The van der Waals surface area contributed by atoms with Gasteiger partial charge in [-0.3, -0.25) is 4.79 Å². The van der Waals surface area contributed by atoms with Crippen LogP contribution in [0.25, 0.3) is 0 Å². The first-order valence-corrected chi connectivity index (χ1v) is 7.73. The van der Waals surface area contributed by atoms with Crippen LogP contribution in [0.2, 0.25) is 0 Å². The van der Waals surface area contributed by atoms with Crippen molar-refractivity contribution in [1.82, 2.24) is 10.2 Å². The summed E-state index contributed by atoms with van der Waals surface area (Å²) in [6.07, 6.45) is 7.83. The minimum Gasteiger partial charge on any atom is -0.356 e. The Morgan fingerprint density at radius 2 is 1.61 bits per heavy atom. The van der Waals surface area contributed by atoms with E-state index in [2.05, 4.69) is 31.0 Å². The highest BCUT2D eigenvalue weighted by Gasteiger charge is 2.01. The van der Waals surface area contributed by atoms with Crippen molar-refractivity contribution in [3.63, 3.8) is 0 Å². The molecule has 0 aromatic carbocycles. The van der Waals surface area contributed by atoms with E-state index in [1.54, 1.807) is 0 Å². The Morgan fingerprint density at radius 1 is 0.944 bits per heavy atom. The van der Waals surface area contributed by atoms with Gasteiger partial charge in [-0.15, -0.1) is 0 Å². The summed E-state index contributed by atoms with van der Waals surface area (Å²) in [5, 5.41) is 3.01. The van der Waals surface area contributed by atoms with Gasteiger partial charge >= 0.3 is 0 Å². The molecule has 0 saturated carbocycles. The van der Waals surface area contributed by atoms with E-state index in [9.17, 15) is 4.79 Å². The molecule has 0 rings (SSSR count).